The highest BCUT2D eigenvalue weighted by Gasteiger charge is 2.29. The van der Waals surface area contributed by atoms with Gasteiger partial charge in [0.15, 0.2) is 5.82 Å². The first-order chi connectivity index (χ1) is 12.9. The summed E-state index contributed by atoms with van der Waals surface area (Å²) in [6.45, 7) is 1.85. The van der Waals surface area contributed by atoms with Gasteiger partial charge in [0.05, 0.1) is 5.69 Å². The van der Waals surface area contributed by atoms with Crippen LogP contribution in [0.25, 0.3) is 5.69 Å². The molecular formula is C20H16F3N3O. The van der Waals surface area contributed by atoms with Crippen molar-refractivity contribution < 1.29 is 18.0 Å². The van der Waals surface area contributed by atoms with Gasteiger partial charge in [-0.2, -0.15) is 5.10 Å². The largest absolute Gasteiger partial charge is 0.322 e. The van der Waals surface area contributed by atoms with Crippen LogP contribution in [0.4, 0.5) is 18.9 Å². The Hall–Kier alpha value is -3.09. The second kappa shape index (κ2) is 6.57. The smallest absolute Gasteiger partial charge is 0.261 e. The minimum atomic E-state index is -0.981. The summed E-state index contributed by atoms with van der Waals surface area (Å²) in [5.74, 6) is -3.15. The molecule has 0 spiro atoms. The summed E-state index contributed by atoms with van der Waals surface area (Å²) in [5, 5.41) is 6.68. The molecule has 7 heteroatoms. The fraction of sp³-hybridized carbons (Fsp3) is 0.200. The summed E-state index contributed by atoms with van der Waals surface area (Å²) in [6.07, 6.45) is 2.10. The van der Waals surface area contributed by atoms with E-state index < -0.39 is 28.9 Å². The van der Waals surface area contributed by atoms with Gasteiger partial charge in [0, 0.05) is 17.3 Å². The van der Waals surface area contributed by atoms with E-state index >= 15 is 0 Å². The van der Waals surface area contributed by atoms with E-state index in [2.05, 4.69) is 10.4 Å². The lowest BCUT2D eigenvalue weighted by atomic mass is 10.1. The first-order valence-electron chi connectivity index (χ1n) is 8.56. The molecule has 1 saturated carbocycles. The molecule has 1 amide bonds. The quantitative estimate of drug-likeness (QED) is 0.721. The predicted molar refractivity (Wildman–Crippen MR) is 94.5 cm³/mol. The van der Waals surface area contributed by atoms with Crippen molar-refractivity contribution in [2.24, 2.45) is 0 Å². The van der Waals surface area contributed by atoms with Crippen molar-refractivity contribution in [3.8, 4) is 5.69 Å². The number of aryl methyl sites for hydroxylation is 1. The standard InChI is InChI=1S/C20H16F3N3O/c1-11-9-18(12-5-6-12)26(25-11)17-8-7-13(10-16(17)23)24-20(27)19-14(21)3-2-4-15(19)22/h2-4,7-10,12H,5-6H2,1H3,(H,24,27). The van der Waals surface area contributed by atoms with Crippen LogP contribution in [0.5, 0.6) is 0 Å². The minimum absolute atomic E-state index is 0.0979. The van der Waals surface area contributed by atoms with Crippen LogP contribution in [0.15, 0.2) is 42.5 Å². The highest BCUT2D eigenvalue weighted by molar-refractivity contribution is 6.04. The number of aromatic nitrogens is 2. The number of amides is 1. The molecule has 1 aromatic heterocycles. The molecule has 4 rings (SSSR count). The van der Waals surface area contributed by atoms with Crippen molar-refractivity contribution in [1.82, 2.24) is 9.78 Å². The fourth-order valence-electron chi connectivity index (χ4n) is 3.05. The molecule has 0 unspecified atom stereocenters. The lowest BCUT2D eigenvalue weighted by Crippen LogP contribution is -2.16. The lowest BCUT2D eigenvalue weighted by Gasteiger charge is -2.11. The molecule has 2 aromatic carbocycles. The summed E-state index contributed by atoms with van der Waals surface area (Å²) in [6, 6.07) is 9.15. The van der Waals surface area contributed by atoms with Crippen LogP contribution in [0.2, 0.25) is 0 Å². The van der Waals surface area contributed by atoms with Crippen molar-refractivity contribution in [3.05, 3.63) is 76.9 Å². The topological polar surface area (TPSA) is 46.9 Å². The fourth-order valence-corrected chi connectivity index (χ4v) is 3.05. The number of nitrogens with zero attached hydrogens (tertiary/aromatic N) is 2. The summed E-state index contributed by atoms with van der Waals surface area (Å²) in [5.41, 5.74) is 1.40. The first-order valence-corrected chi connectivity index (χ1v) is 8.56. The Morgan fingerprint density at radius 1 is 1.07 bits per heavy atom. The molecule has 0 atom stereocenters. The molecule has 0 radical (unpaired) electrons. The average molecular weight is 371 g/mol. The molecular weight excluding hydrogens is 355 g/mol. The van der Waals surface area contributed by atoms with Gasteiger partial charge in [0.2, 0.25) is 0 Å². The Balaban J connectivity index is 1.62. The van der Waals surface area contributed by atoms with Gasteiger partial charge in [-0.15, -0.1) is 0 Å². The number of rotatable bonds is 4. The number of halogens is 3. The maximum Gasteiger partial charge on any atom is 0.261 e. The highest BCUT2D eigenvalue weighted by atomic mass is 19.1. The summed E-state index contributed by atoms with van der Waals surface area (Å²) in [4.78, 5) is 12.1. The van der Waals surface area contributed by atoms with Gasteiger partial charge in [-0.05, 0) is 56.2 Å². The van der Waals surface area contributed by atoms with Gasteiger partial charge >= 0.3 is 0 Å². The van der Waals surface area contributed by atoms with Crippen LogP contribution in [-0.2, 0) is 0 Å². The predicted octanol–water partition coefficient (Wildman–Crippen LogP) is 4.73. The Labute approximate surface area is 153 Å². The van der Waals surface area contributed by atoms with Crippen LogP contribution in [0.3, 0.4) is 0 Å². The zero-order chi connectivity index (χ0) is 19.1. The molecule has 1 heterocycles. The number of carbonyl (C=O) groups excluding carboxylic acids is 1. The normalized spacial score (nSPS) is 13.6. The van der Waals surface area contributed by atoms with Gasteiger partial charge in [-0.25, -0.2) is 17.9 Å². The molecule has 1 aliphatic carbocycles. The second-order valence-electron chi connectivity index (χ2n) is 6.61. The SMILES string of the molecule is Cc1cc(C2CC2)n(-c2ccc(NC(=O)c3c(F)cccc3F)cc2F)n1. The zero-order valence-electron chi connectivity index (χ0n) is 14.5. The van der Waals surface area contributed by atoms with Crippen molar-refractivity contribution in [2.45, 2.75) is 25.7 Å². The van der Waals surface area contributed by atoms with E-state index in [0.717, 1.165) is 42.4 Å². The van der Waals surface area contributed by atoms with Gasteiger partial charge in [0.25, 0.3) is 5.91 Å². The second-order valence-corrected chi connectivity index (χ2v) is 6.61. The monoisotopic (exact) mass is 371 g/mol. The molecule has 1 fully saturated rings. The van der Waals surface area contributed by atoms with E-state index in [1.807, 2.05) is 13.0 Å². The number of nitrogens with one attached hydrogen (secondary N) is 1. The lowest BCUT2D eigenvalue weighted by molar-refractivity contribution is 0.101. The third-order valence-electron chi connectivity index (χ3n) is 4.48. The Kier molecular flexibility index (Phi) is 4.22. The summed E-state index contributed by atoms with van der Waals surface area (Å²) >= 11 is 0. The number of benzene rings is 2. The molecule has 3 aromatic rings. The number of hydrogen-bond donors (Lipinski definition) is 1. The number of carbonyl (C=O) groups is 1. The molecule has 1 aliphatic rings. The van der Waals surface area contributed by atoms with Crippen LogP contribution in [-0.4, -0.2) is 15.7 Å². The minimum Gasteiger partial charge on any atom is -0.322 e. The van der Waals surface area contributed by atoms with E-state index in [-0.39, 0.29) is 11.4 Å². The first kappa shape index (κ1) is 17.3. The van der Waals surface area contributed by atoms with E-state index in [0.29, 0.717) is 5.92 Å². The highest BCUT2D eigenvalue weighted by Crippen LogP contribution is 2.41. The summed E-state index contributed by atoms with van der Waals surface area (Å²) < 4.78 is 43.7. The Morgan fingerprint density at radius 3 is 2.41 bits per heavy atom. The maximum absolute atomic E-state index is 14.7. The molecule has 1 N–H and O–H groups in total. The van der Waals surface area contributed by atoms with E-state index in [1.165, 1.54) is 18.2 Å². The Morgan fingerprint density at radius 2 is 1.78 bits per heavy atom. The van der Waals surface area contributed by atoms with Crippen LogP contribution in [0, 0.1) is 24.4 Å². The average Bonchev–Trinajstić information content (AvgIpc) is 3.37. The van der Waals surface area contributed by atoms with Gasteiger partial charge in [0.1, 0.15) is 22.9 Å². The van der Waals surface area contributed by atoms with Crippen LogP contribution in [0.1, 0.15) is 40.5 Å². The zero-order valence-corrected chi connectivity index (χ0v) is 14.5. The number of anilines is 1. The van der Waals surface area contributed by atoms with Gasteiger partial charge < -0.3 is 5.32 Å². The van der Waals surface area contributed by atoms with E-state index in [4.69, 9.17) is 0 Å². The molecule has 4 nitrogen and oxygen atoms in total. The van der Waals surface area contributed by atoms with Gasteiger partial charge in [-0.1, -0.05) is 6.07 Å². The van der Waals surface area contributed by atoms with Crippen LogP contribution >= 0.6 is 0 Å². The van der Waals surface area contributed by atoms with E-state index in [1.54, 1.807) is 4.68 Å². The third-order valence-corrected chi connectivity index (χ3v) is 4.48. The van der Waals surface area contributed by atoms with Gasteiger partial charge in [-0.3, -0.25) is 4.79 Å². The van der Waals surface area contributed by atoms with Crippen LogP contribution < -0.4 is 5.32 Å². The van der Waals surface area contributed by atoms with Crippen molar-refractivity contribution in [3.63, 3.8) is 0 Å². The molecule has 27 heavy (non-hydrogen) atoms. The van der Waals surface area contributed by atoms with Crippen molar-refractivity contribution in [2.75, 3.05) is 5.32 Å². The Bertz CT molecular complexity index is 1020. The molecule has 0 saturated heterocycles. The van der Waals surface area contributed by atoms with Crippen molar-refractivity contribution in [1.29, 1.82) is 0 Å². The molecule has 138 valence electrons. The van der Waals surface area contributed by atoms with E-state index in [9.17, 15) is 18.0 Å². The third kappa shape index (κ3) is 3.32. The maximum atomic E-state index is 14.7. The molecule has 0 bridgehead atoms. The summed E-state index contributed by atoms with van der Waals surface area (Å²) in [7, 11) is 0. The number of hydrogen-bond acceptors (Lipinski definition) is 2. The molecule has 0 aliphatic heterocycles. The van der Waals surface area contributed by atoms with Crippen molar-refractivity contribution >= 4 is 11.6 Å².